The summed E-state index contributed by atoms with van der Waals surface area (Å²) < 4.78 is 1.75. The standard InChI is InChI=1S/C13H16Cl2N4O/c1-4-18(3)11(20)7-19-12(8(2)14)17-10-5-9(15)6-16-13(10)19/h5-6,8H,4,7H2,1-3H3. The van der Waals surface area contributed by atoms with Crippen LogP contribution in [-0.4, -0.2) is 38.9 Å². The van der Waals surface area contributed by atoms with Crippen molar-refractivity contribution in [2.24, 2.45) is 0 Å². The zero-order chi connectivity index (χ0) is 14.9. The van der Waals surface area contributed by atoms with Crippen LogP contribution in [0.5, 0.6) is 0 Å². The van der Waals surface area contributed by atoms with E-state index in [4.69, 9.17) is 23.2 Å². The Labute approximate surface area is 127 Å². The third-order valence-electron chi connectivity index (χ3n) is 3.13. The monoisotopic (exact) mass is 314 g/mol. The first-order valence-corrected chi connectivity index (χ1v) is 7.15. The number of aromatic nitrogens is 3. The second kappa shape index (κ2) is 5.97. The fourth-order valence-electron chi connectivity index (χ4n) is 1.90. The summed E-state index contributed by atoms with van der Waals surface area (Å²) in [6, 6.07) is 1.72. The highest BCUT2D eigenvalue weighted by Crippen LogP contribution is 2.25. The molecule has 0 saturated carbocycles. The van der Waals surface area contributed by atoms with Crippen molar-refractivity contribution in [2.45, 2.75) is 25.8 Å². The highest BCUT2D eigenvalue weighted by atomic mass is 35.5. The molecule has 0 aromatic carbocycles. The van der Waals surface area contributed by atoms with Gasteiger partial charge in [-0.15, -0.1) is 11.6 Å². The maximum atomic E-state index is 12.1. The van der Waals surface area contributed by atoms with Gasteiger partial charge in [0.25, 0.3) is 0 Å². The molecule has 0 bridgehead atoms. The quantitative estimate of drug-likeness (QED) is 0.815. The summed E-state index contributed by atoms with van der Waals surface area (Å²) in [5.41, 5.74) is 1.27. The van der Waals surface area contributed by atoms with Gasteiger partial charge >= 0.3 is 0 Å². The number of imidazole rings is 1. The average molecular weight is 315 g/mol. The van der Waals surface area contributed by atoms with Gasteiger partial charge in [-0.3, -0.25) is 4.79 Å². The van der Waals surface area contributed by atoms with Gasteiger partial charge in [-0.2, -0.15) is 0 Å². The van der Waals surface area contributed by atoms with Crippen LogP contribution in [0, 0.1) is 0 Å². The van der Waals surface area contributed by atoms with Gasteiger partial charge in [-0.05, 0) is 19.9 Å². The Morgan fingerprint density at radius 3 is 2.85 bits per heavy atom. The fraction of sp³-hybridized carbons (Fsp3) is 0.462. The summed E-state index contributed by atoms with van der Waals surface area (Å²) in [6.07, 6.45) is 1.54. The van der Waals surface area contributed by atoms with Crippen LogP contribution in [0.25, 0.3) is 11.2 Å². The smallest absolute Gasteiger partial charge is 0.242 e. The molecule has 2 aromatic heterocycles. The maximum Gasteiger partial charge on any atom is 0.242 e. The minimum atomic E-state index is -0.317. The second-order valence-corrected chi connectivity index (χ2v) is 5.67. The van der Waals surface area contributed by atoms with E-state index in [1.165, 1.54) is 0 Å². The largest absolute Gasteiger partial charge is 0.344 e. The molecule has 0 aliphatic rings. The first-order chi connectivity index (χ1) is 9.43. The number of fused-ring (bicyclic) bond motifs is 1. The Morgan fingerprint density at radius 2 is 2.25 bits per heavy atom. The summed E-state index contributed by atoms with van der Waals surface area (Å²) in [5.74, 6) is 0.608. The Kier molecular flexibility index (Phi) is 4.50. The first kappa shape index (κ1) is 15.1. The van der Waals surface area contributed by atoms with E-state index in [2.05, 4.69) is 9.97 Å². The molecule has 20 heavy (non-hydrogen) atoms. The van der Waals surface area contributed by atoms with Crippen molar-refractivity contribution in [3.8, 4) is 0 Å². The Morgan fingerprint density at radius 1 is 1.55 bits per heavy atom. The van der Waals surface area contributed by atoms with Crippen molar-refractivity contribution in [1.82, 2.24) is 19.4 Å². The van der Waals surface area contributed by atoms with Crippen LogP contribution in [0.2, 0.25) is 5.02 Å². The van der Waals surface area contributed by atoms with Gasteiger partial charge in [0.1, 0.15) is 17.9 Å². The van der Waals surface area contributed by atoms with E-state index in [-0.39, 0.29) is 17.8 Å². The normalized spacial score (nSPS) is 12.7. The lowest BCUT2D eigenvalue weighted by atomic mass is 10.4. The third kappa shape index (κ3) is 2.88. The molecule has 0 aliphatic heterocycles. The lowest BCUT2D eigenvalue weighted by Crippen LogP contribution is -2.30. The predicted octanol–water partition coefficient (Wildman–Crippen LogP) is 2.86. The molecular formula is C13H16Cl2N4O. The predicted molar refractivity (Wildman–Crippen MR) is 80.1 cm³/mol. The molecule has 1 atom stereocenters. The number of rotatable bonds is 4. The van der Waals surface area contributed by atoms with Crippen molar-refractivity contribution in [3.63, 3.8) is 0 Å². The molecule has 108 valence electrons. The average Bonchev–Trinajstić information content (AvgIpc) is 2.75. The SMILES string of the molecule is CCN(C)C(=O)Cn1c(C(C)Cl)nc2cc(Cl)cnc21. The lowest BCUT2D eigenvalue weighted by Gasteiger charge is -2.16. The zero-order valence-electron chi connectivity index (χ0n) is 11.6. The molecule has 1 amide bonds. The molecule has 2 heterocycles. The van der Waals surface area contributed by atoms with Gasteiger partial charge in [-0.25, -0.2) is 9.97 Å². The molecule has 0 aliphatic carbocycles. The van der Waals surface area contributed by atoms with E-state index < -0.39 is 0 Å². The van der Waals surface area contributed by atoms with Crippen LogP contribution in [-0.2, 0) is 11.3 Å². The van der Waals surface area contributed by atoms with Gasteiger partial charge < -0.3 is 9.47 Å². The van der Waals surface area contributed by atoms with Gasteiger partial charge in [0.05, 0.1) is 10.4 Å². The topological polar surface area (TPSA) is 51.0 Å². The van der Waals surface area contributed by atoms with E-state index in [0.29, 0.717) is 28.6 Å². The molecule has 2 aromatic rings. The van der Waals surface area contributed by atoms with E-state index in [1.54, 1.807) is 28.8 Å². The van der Waals surface area contributed by atoms with Gasteiger partial charge in [0.2, 0.25) is 5.91 Å². The molecule has 5 nitrogen and oxygen atoms in total. The Bertz CT molecular complexity index is 639. The molecule has 1 unspecified atom stereocenters. The van der Waals surface area contributed by atoms with Crippen LogP contribution in [0.3, 0.4) is 0 Å². The summed E-state index contributed by atoms with van der Waals surface area (Å²) in [6.45, 7) is 4.56. The molecule has 0 N–H and O–H groups in total. The van der Waals surface area contributed by atoms with Crippen LogP contribution in [0.4, 0.5) is 0 Å². The number of carbonyl (C=O) groups excluding carboxylic acids is 1. The van der Waals surface area contributed by atoms with Gasteiger partial charge in [0, 0.05) is 19.8 Å². The number of amides is 1. The number of hydrogen-bond acceptors (Lipinski definition) is 3. The Hall–Kier alpha value is -1.33. The maximum absolute atomic E-state index is 12.1. The molecule has 0 spiro atoms. The first-order valence-electron chi connectivity index (χ1n) is 6.33. The van der Waals surface area contributed by atoms with Crippen LogP contribution >= 0.6 is 23.2 Å². The van der Waals surface area contributed by atoms with Crippen molar-refractivity contribution in [1.29, 1.82) is 0 Å². The highest BCUT2D eigenvalue weighted by molar-refractivity contribution is 6.31. The van der Waals surface area contributed by atoms with Crippen molar-refractivity contribution >= 4 is 40.3 Å². The van der Waals surface area contributed by atoms with Crippen molar-refractivity contribution in [3.05, 3.63) is 23.1 Å². The number of carbonyl (C=O) groups is 1. The van der Waals surface area contributed by atoms with Crippen LogP contribution in [0.15, 0.2) is 12.3 Å². The highest BCUT2D eigenvalue weighted by Gasteiger charge is 2.19. The number of alkyl halides is 1. The van der Waals surface area contributed by atoms with E-state index in [1.807, 2.05) is 13.8 Å². The Balaban J connectivity index is 2.49. The van der Waals surface area contributed by atoms with Crippen LogP contribution < -0.4 is 0 Å². The van der Waals surface area contributed by atoms with E-state index in [0.717, 1.165) is 0 Å². The fourth-order valence-corrected chi connectivity index (χ4v) is 2.21. The summed E-state index contributed by atoms with van der Waals surface area (Å²) in [5, 5.41) is 0.190. The molecule has 0 fully saturated rings. The summed E-state index contributed by atoms with van der Waals surface area (Å²) >= 11 is 12.1. The van der Waals surface area contributed by atoms with Crippen molar-refractivity contribution in [2.75, 3.05) is 13.6 Å². The number of hydrogen-bond donors (Lipinski definition) is 0. The summed E-state index contributed by atoms with van der Waals surface area (Å²) in [7, 11) is 1.76. The second-order valence-electron chi connectivity index (χ2n) is 4.58. The van der Waals surface area contributed by atoms with Gasteiger partial charge in [0.15, 0.2) is 5.65 Å². The van der Waals surface area contributed by atoms with E-state index in [9.17, 15) is 4.79 Å². The van der Waals surface area contributed by atoms with Crippen molar-refractivity contribution < 1.29 is 4.79 Å². The number of halogens is 2. The molecule has 0 saturated heterocycles. The molecule has 0 radical (unpaired) electrons. The molecular weight excluding hydrogens is 299 g/mol. The van der Waals surface area contributed by atoms with E-state index >= 15 is 0 Å². The number of nitrogens with zero attached hydrogens (tertiary/aromatic N) is 4. The third-order valence-corrected chi connectivity index (χ3v) is 3.53. The van der Waals surface area contributed by atoms with Crippen LogP contribution in [0.1, 0.15) is 25.0 Å². The number of pyridine rings is 1. The minimum Gasteiger partial charge on any atom is -0.344 e. The molecule has 2 rings (SSSR count). The minimum absolute atomic E-state index is 0.0119. The lowest BCUT2D eigenvalue weighted by molar-refractivity contribution is -0.130. The zero-order valence-corrected chi connectivity index (χ0v) is 13.1. The number of likely N-dealkylation sites (N-methyl/N-ethyl adjacent to an activating group) is 1. The summed E-state index contributed by atoms with van der Waals surface area (Å²) in [4.78, 5) is 22.4. The van der Waals surface area contributed by atoms with Gasteiger partial charge in [-0.1, -0.05) is 11.6 Å². The molecule has 7 heteroatoms.